The lowest BCUT2D eigenvalue weighted by molar-refractivity contribution is -0.119. The number of imide groups is 1. The van der Waals surface area contributed by atoms with Crippen LogP contribution in [-0.4, -0.2) is 75.7 Å². The van der Waals surface area contributed by atoms with E-state index in [4.69, 9.17) is 25.7 Å². The van der Waals surface area contributed by atoms with Gasteiger partial charge in [-0.1, -0.05) is 60.7 Å². The molecule has 1 aliphatic carbocycles. The highest BCUT2D eigenvalue weighted by Crippen LogP contribution is 2.45. The first-order valence-corrected chi connectivity index (χ1v) is 20.6. The smallest absolute Gasteiger partial charge is 0.404 e. The average Bonchev–Trinajstić information content (AvgIpc) is 4.13. The number of alkyl halides is 2. The summed E-state index contributed by atoms with van der Waals surface area (Å²) < 4.78 is 57.7. The molecule has 7 aromatic rings. The van der Waals surface area contributed by atoms with E-state index in [0.29, 0.717) is 53.9 Å². The number of fused-ring (bicyclic) bond motifs is 5. The molecule has 1 unspecified atom stereocenters. The first-order valence-electron chi connectivity index (χ1n) is 20.6. The number of halogens is 3. The number of nitrogen functional groups attached to an aromatic ring is 1. The molecule has 2 aromatic heterocycles. The Balaban J connectivity index is 0.000000260. The Bertz CT molecular complexity index is 2960. The van der Waals surface area contributed by atoms with Crippen LogP contribution in [0.25, 0.3) is 27.7 Å². The van der Waals surface area contributed by atoms with Gasteiger partial charge in [0.25, 0.3) is 12.3 Å². The van der Waals surface area contributed by atoms with Crippen LogP contribution in [-0.2, 0) is 9.53 Å². The number of amides is 4. The van der Waals surface area contributed by atoms with Gasteiger partial charge in [-0.05, 0) is 96.1 Å². The van der Waals surface area contributed by atoms with Gasteiger partial charge in [0.2, 0.25) is 5.78 Å². The van der Waals surface area contributed by atoms with E-state index >= 15 is 0 Å². The summed E-state index contributed by atoms with van der Waals surface area (Å²) in [5.74, 6) is -0.957. The number of aryl methyl sites for hydroxylation is 1. The molecule has 2 saturated heterocycles. The fraction of sp³-hybridized carbons (Fsp3) is 0.188. The molecule has 10 rings (SSSR count). The third-order valence-corrected chi connectivity index (χ3v) is 11.6. The van der Waals surface area contributed by atoms with Gasteiger partial charge in [0.05, 0.1) is 28.8 Å². The van der Waals surface area contributed by atoms with Crippen molar-refractivity contribution in [3.63, 3.8) is 0 Å². The van der Waals surface area contributed by atoms with Crippen LogP contribution >= 0.6 is 0 Å². The number of para-hydroxylation sites is 1. The van der Waals surface area contributed by atoms with Crippen molar-refractivity contribution >= 4 is 46.2 Å². The second-order valence-electron chi connectivity index (χ2n) is 15.6. The maximum Gasteiger partial charge on any atom is 0.404 e. The zero-order chi connectivity index (χ0) is 45.5. The van der Waals surface area contributed by atoms with E-state index < -0.39 is 48.7 Å². The van der Waals surface area contributed by atoms with E-state index in [1.54, 1.807) is 37.3 Å². The Morgan fingerprint density at radius 2 is 1.62 bits per heavy atom. The number of nitrogens with two attached hydrogens (primary N) is 2. The molecule has 332 valence electrons. The molecule has 17 heteroatoms. The summed E-state index contributed by atoms with van der Waals surface area (Å²) >= 11 is 0. The number of aromatic nitrogens is 3. The van der Waals surface area contributed by atoms with Crippen LogP contribution in [0.15, 0.2) is 115 Å². The lowest BCUT2D eigenvalue weighted by Gasteiger charge is -2.19. The van der Waals surface area contributed by atoms with Gasteiger partial charge in [0.1, 0.15) is 36.6 Å². The Morgan fingerprint density at radius 1 is 0.908 bits per heavy atom. The number of anilines is 2. The number of hydrogen-bond donors (Lipinski definition) is 3. The summed E-state index contributed by atoms with van der Waals surface area (Å²) in [5, 5.41) is 4.74. The molecule has 5 aromatic carbocycles. The number of urea groups is 1. The van der Waals surface area contributed by atoms with Gasteiger partial charge in [-0.2, -0.15) is 5.10 Å². The number of nitrogens with one attached hydrogen (secondary N) is 1. The number of hydrogen-bond acceptors (Lipinski definition) is 9. The van der Waals surface area contributed by atoms with Gasteiger partial charge < -0.3 is 35.6 Å². The van der Waals surface area contributed by atoms with Crippen molar-refractivity contribution in [2.45, 2.75) is 38.2 Å². The summed E-state index contributed by atoms with van der Waals surface area (Å²) in [7, 11) is 0. The van der Waals surface area contributed by atoms with E-state index in [2.05, 4.69) is 34.3 Å². The summed E-state index contributed by atoms with van der Waals surface area (Å²) in [4.78, 5) is 56.1. The molecule has 2 fully saturated rings. The second-order valence-corrected chi connectivity index (χ2v) is 15.6. The van der Waals surface area contributed by atoms with Crippen LogP contribution in [0.3, 0.4) is 0 Å². The van der Waals surface area contributed by atoms with Crippen LogP contribution in [0.2, 0.25) is 0 Å². The number of carbonyl (C=O) groups is 4. The number of carbonyl (C=O) groups excluding carboxylic acids is 4. The van der Waals surface area contributed by atoms with Gasteiger partial charge in [-0.15, -0.1) is 0 Å². The monoisotopic (exact) mass is 885 g/mol. The zero-order valence-corrected chi connectivity index (χ0v) is 34.7. The molecule has 5 N–H and O–H groups in total. The van der Waals surface area contributed by atoms with Crippen molar-refractivity contribution in [1.29, 1.82) is 0 Å². The van der Waals surface area contributed by atoms with Crippen molar-refractivity contribution in [1.82, 2.24) is 19.7 Å². The fourth-order valence-electron chi connectivity index (χ4n) is 8.62. The molecule has 3 aliphatic rings. The number of ketones is 1. The van der Waals surface area contributed by atoms with Crippen LogP contribution in [0.5, 0.6) is 17.2 Å². The minimum absolute atomic E-state index is 0. The minimum Gasteiger partial charge on any atom is -0.485 e. The molecule has 4 heterocycles. The van der Waals surface area contributed by atoms with Crippen molar-refractivity contribution in [3.05, 3.63) is 149 Å². The molecule has 65 heavy (non-hydrogen) atoms. The largest absolute Gasteiger partial charge is 0.485 e. The number of aromatic amines is 1. The summed E-state index contributed by atoms with van der Waals surface area (Å²) in [6.07, 6.45) is -0.993. The number of primary amides is 1. The Labute approximate surface area is 370 Å². The lowest BCUT2D eigenvalue weighted by Crippen LogP contribution is -2.33. The topological polar surface area (TPSA) is 188 Å². The average molecular weight is 886 g/mol. The van der Waals surface area contributed by atoms with Crippen molar-refractivity contribution in [2.75, 3.05) is 30.4 Å². The van der Waals surface area contributed by atoms with E-state index in [1.807, 2.05) is 24.3 Å². The third-order valence-electron chi connectivity index (χ3n) is 11.6. The first kappa shape index (κ1) is 42.2. The molecule has 0 radical (unpaired) electrons. The molecule has 1 atom stereocenters. The SMILES string of the molecule is Cc1cc(Oc2ccccc2F)ccc1-n1ncc(C(=O)c2cc3cc(OCC(F)F)c(N4C(=O)C5CCCN5C4=O)cc3[nH]2)c1N.NC(=O)OCC1c2ccccc2-c2ccccc21.[HH]. The Hall–Kier alpha value is -8.08. The molecule has 2 aliphatic heterocycles. The normalized spacial score (nSPS) is 15.2. The van der Waals surface area contributed by atoms with Gasteiger partial charge >= 0.3 is 12.1 Å². The molecule has 0 spiro atoms. The van der Waals surface area contributed by atoms with E-state index in [1.165, 1.54) is 68.4 Å². The fourth-order valence-corrected chi connectivity index (χ4v) is 8.62. The highest BCUT2D eigenvalue weighted by Gasteiger charge is 2.49. The first-order chi connectivity index (χ1) is 31.4. The number of nitrogens with zero attached hydrogens (tertiary/aromatic N) is 4. The Kier molecular flexibility index (Phi) is 11.2. The zero-order valence-electron chi connectivity index (χ0n) is 34.7. The predicted molar refractivity (Wildman–Crippen MR) is 236 cm³/mol. The predicted octanol–water partition coefficient (Wildman–Crippen LogP) is 9.12. The van der Waals surface area contributed by atoms with Crippen LogP contribution in [0, 0.1) is 12.7 Å². The molecule has 0 bridgehead atoms. The maximum absolute atomic E-state index is 14.1. The standard InChI is InChI=1S/C33H27F3N6O5.C15H13NO2.H2/c1-17-11-19(47-27-7-3-2-5-21(27)34)8-9-24(17)42-31(37)20(15-38-42)30(43)23-12-18-13-28(46-16-29(35)36)26(14-22(18)39-23)41-32(44)25-6-4-10-40(25)33(41)45;16-15(17)18-9-14-12-7-3-1-5-10(12)11-6-2-4-8-13(11)14;/h2-3,5,7-9,11-15,25,29,39H,4,6,10,16,37H2,1H3;1-8,14H,9H2,(H2,16,17);1H. The van der Waals surface area contributed by atoms with Crippen molar-refractivity contribution in [3.8, 4) is 34.1 Å². The Morgan fingerprint density at radius 3 is 2.29 bits per heavy atom. The van der Waals surface area contributed by atoms with E-state index in [9.17, 15) is 32.3 Å². The van der Waals surface area contributed by atoms with Gasteiger partial charge in [0, 0.05) is 24.8 Å². The maximum atomic E-state index is 14.1. The van der Waals surface area contributed by atoms with E-state index in [-0.39, 0.29) is 41.6 Å². The molecule has 4 amide bonds. The minimum atomic E-state index is -2.80. The lowest BCUT2D eigenvalue weighted by atomic mass is 9.98. The summed E-state index contributed by atoms with van der Waals surface area (Å²) in [5.41, 5.74) is 18.1. The highest BCUT2D eigenvalue weighted by molar-refractivity contribution is 6.23. The number of benzene rings is 5. The highest BCUT2D eigenvalue weighted by atomic mass is 19.3. The molecular formula is C48H42F3N7O7. The molecule has 0 saturated carbocycles. The second kappa shape index (κ2) is 17.2. The summed E-state index contributed by atoms with van der Waals surface area (Å²) in [6, 6.07) is 30.6. The van der Waals surface area contributed by atoms with Crippen molar-refractivity contribution in [2.24, 2.45) is 5.73 Å². The van der Waals surface area contributed by atoms with Crippen LogP contribution in [0.1, 0.15) is 52.9 Å². The van der Waals surface area contributed by atoms with Gasteiger partial charge in [0.15, 0.2) is 11.6 Å². The quantitative estimate of drug-likeness (QED) is 0.0841. The van der Waals surface area contributed by atoms with Gasteiger partial charge in [-0.3, -0.25) is 9.59 Å². The molecule has 14 nitrogen and oxygen atoms in total. The van der Waals surface area contributed by atoms with Gasteiger partial charge in [-0.25, -0.2) is 32.3 Å². The number of H-pyrrole nitrogens is 1. The van der Waals surface area contributed by atoms with Crippen molar-refractivity contribution < 1.29 is 48.0 Å². The number of ether oxygens (including phenoxy) is 3. The summed E-state index contributed by atoms with van der Waals surface area (Å²) in [6.45, 7) is 1.55. The van der Waals surface area contributed by atoms with Crippen LogP contribution < -0.4 is 25.8 Å². The number of rotatable bonds is 11. The van der Waals surface area contributed by atoms with E-state index in [0.717, 1.165) is 4.90 Å². The third kappa shape index (κ3) is 7.96. The van der Waals surface area contributed by atoms with Crippen LogP contribution in [0.4, 0.5) is 34.3 Å². The molecular weight excluding hydrogens is 844 g/mol.